The summed E-state index contributed by atoms with van der Waals surface area (Å²) in [5.74, 6) is -0.681. The standard InChI is InChI=1S/C12H23NO2/c13-11-9-7-5-3-1-2-4-6-8-10-12(14)15/h5,7H,1-4,6,8-11,13H2,(H,14,15)/b7-5+. The molecule has 15 heavy (non-hydrogen) atoms. The van der Waals surface area contributed by atoms with E-state index in [-0.39, 0.29) is 0 Å². The number of nitrogens with two attached hydrogens (primary N) is 1. The van der Waals surface area contributed by atoms with E-state index in [1.165, 1.54) is 12.8 Å². The van der Waals surface area contributed by atoms with E-state index in [1.54, 1.807) is 0 Å². The molecule has 0 amide bonds. The highest BCUT2D eigenvalue weighted by Crippen LogP contribution is 2.07. The second-order valence-corrected chi connectivity index (χ2v) is 3.75. The van der Waals surface area contributed by atoms with Crippen molar-refractivity contribution in [3.05, 3.63) is 12.2 Å². The Morgan fingerprint density at radius 3 is 2.27 bits per heavy atom. The molecule has 0 saturated carbocycles. The molecule has 0 aromatic heterocycles. The third-order valence-electron chi connectivity index (χ3n) is 2.26. The molecule has 0 aliphatic heterocycles. The lowest BCUT2D eigenvalue weighted by Gasteiger charge is -1.98. The van der Waals surface area contributed by atoms with E-state index in [9.17, 15) is 4.79 Å². The number of rotatable bonds is 10. The van der Waals surface area contributed by atoms with E-state index < -0.39 is 5.97 Å². The highest BCUT2D eigenvalue weighted by Gasteiger charge is 1.95. The number of hydrogen-bond donors (Lipinski definition) is 2. The van der Waals surface area contributed by atoms with Gasteiger partial charge in [-0.15, -0.1) is 0 Å². The predicted molar refractivity (Wildman–Crippen MR) is 62.8 cm³/mol. The van der Waals surface area contributed by atoms with Crippen LogP contribution in [0, 0.1) is 0 Å². The van der Waals surface area contributed by atoms with Gasteiger partial charge in [0.05, 0.1) is 0 Å². The summed E-state index contributed by atoms with van der Waals surface area (Å²) in [6.45, 7) is 0.728. The van der Waals surface area contributed by atoms with Gasteiger partial charge in [0.15, 0.2) is 0 Å². The summed E-state index contributed by atoms with van der Waals surface area (Å²) in [5, 5.41) is 8.42. The van der Waals surface area contributed by atoms with Crippen molar-refractivity contribution in [3.63, 3.8) is 0 Å². The van der Waals surface area contributed by atoms with Crippen molar-refractivity contribution >= 4 is 5.97 Å². The van der Waals surface area contributed by atoms with Crippen molar-refractivity contribution in [2.24, 2.45) is 5.73 Å². The monoisotopic (exact) mass is 213 g/mol. The van der Waals surface area contributed by atoms with Gasteiger partial charge in [-0.3, -0.25) is 4.79 Å². The molecule has 0 aromatic carbocycles. The molecule has 0 aliphatic rings. The minimum atomic E-state index is -0.681. The van der Waals surface area contributed by atoms with Crippen molar-refractivity contribution in [3.8, 4) is 0 Å². The van der Waals surface area contributed by atoms with E-state index in [0.717, 1.165) is 38.6 Å². The molecule has 0 bridgehead atoms. The summed E-state index contributed by atoms with van der Waals surface area (Å²) >= 11 is 0. The zero-order valence-corrected chi connectivity index (χ0v) is 9.45. The molecular weight excluding hydrogens is 190 g/mol. The van der Waals surface area contributed by atoms with Gasteiger partial charge in [-0.2, -0.15) is 0 Å². The normalized spacial score (nSPS) is 11.0. The quantitative estimate of drug-likeness (QED) is 0.433. The van der Waals surface area contributed by atoms with Crippen LogP contribution in [0.1, 0.15) is 51.4 Å². The maximum atomic E-state index is 10.2. The summed E-state index contributed by atoms with van der Waals surface area (Å²) in [6, 6.07) is 0. The van der Waals surface area contributed by atoms with Crippen LogP contribution in [0.15, 0.2) is 12.2 Å². The molecule has 0 radical (unpaired) electrons. The number of carboxylic acids is 1. The van der Waals surface area contributed by atoms with E-state index in [0.29, 0.717) is 6.42 Å². The second kappa shape index (κ2) is 11.2. The third-order valence-corrected chi connectivity index (χ3v) is 2.26. The Morgan fingerprint density at radius 2 is 1.60 bits per heavy atom. The largest absolute Gasteiger partial charge is 0.481 e. The van der Waals surface area contributed by atoms with Gasteiger partial charge in [-0.25, -0.2) is 0 Å². The van der Waals surface area contributed by atoms with E-state index >= 15 is 0 Å². The van der Waals surface area contributed by atoms with Crippen LogP contribution in [0.2, 0.25) is 0 Å². The number of allylic oxidation sites excluding steroid dienone is 1. The molecule has 0 unspecified atom stereocenters. The Bertz CT molecular complexity index is 178. The smallest absolute Gasteiger partial charge is 0.303 e. The first kappa shape index (κ1) is 14.2. The molecule has 3 nitrogen and oxygen atoms in total. The molecule has 0 rings (SSSR count). The molecule has 0 heterocycles. The molecule has 0 aromatic rings. The second-order valence-electron chi connectivity index (χ2n) is 3.75. The molecule has 0 fully saturated rings. The van der Waals surface area contributed by atoms with E-state index in [2.05, 4.69) is 12.2 Å². The molecule has 0 atom stereocenters. The Hall–Kier alpha value is -0.830. The fraction of sp³-hybridized carbons (Fsp3) is 0.750. The lowest BCUT2D eigenvalue weighted by Crippen LogP contribution is -1.95. The molecule has 3 N–H and O–H groups in total. The van der Waals surface area contributed by atoms with Crippen molar-refractivity contribution in [1.82, 2.24) is 0 Å². The predicted octanol–water partition coefficient (Wildman–Crippen LogP) is 2.71. The van der Waals surface area contributed by atoms with Crippen LogP contribution >= 0.6 is 0 Å². The fourth-order valence-electron chi connectivity index (χ4n) is 1.40. The lowest BCUT2D eigenvalue weighted by atomic mass is 10.1. The van der Waals surface area contributed by atoms with Crippen LogP contribution in [0.25, 0.3) is 0 Å². The van der Waals surface area contributed by atoms with Gasteiger partial charge in [0.2, 0.25) is 0 Å². The molecule has 0 spiro atoms. The maximum Gasteiger partial charge on any atom is 0.303 e. The number of unbranched alkanes of at least 4 members (excludes halogenated alkanes) is 5. The van der Waals surface area contributed by atoms with Gasteiger partial charge in [0, 0.05) is 6.42 Å². The molecule has 0 saturated heterocycles. The van der Waals surface area contributed by atoms with Crippen LogP contribution in [-0.2, 0) is 4.79 Å². The van der Waals surface area contributed by atoms with Gasteiger partial charge < -0.3 is 10.8 Å². The highest BCUT2D eigenvalue weighted by atomic mass is 16.4. The number of carbonyl (C=O) groups is 1. The lowest BCUT2D eigenvalue weighted by molar-refractivity contribution is -0.137. The molecule has 88 valence electrons. The SMILES string of the molecule is NCC/C=C/CCCCCCCC(=O)O. The van der Waals surface area contributed by atoms with Gasteiger partial charge in [0.25, 0.3) is 0 Å². The molecule has 3 heteroatoms. The Morgan fingerprint density at radius 1 is 1.00 bits per heavy atom. The number of carboxylic acid groups (broad SMARTS) is 1. The molecular formula is C12H23NO2. The Kier molecular flexibility index (Phi) is 10.6. The third kappa shape index (κ3) is 13.2. The summed E-state index contributed by atoms with van der Waals surface area (Å²) in [7, 11) is 0. The topological polar surface area (TPSA) is 63.3 Å². The van der Waals surface area contributed by atoms with Crippen molar-refractivity contribution in [2.75, 3.05) is 6.54 Å². The van der Waals surface area contributed by atoms with Crippen LogP contribution in [0.3, 0.4) is 0 Å². The fourth-order valence-corrected chi connectivity index (χ4v) is 1.40. The summed E-state index contributed by atoms with van der Waals surface area (Å²) in [6.07, 6.45) is 12.1. The van der Waals surface area contributed by atoms with E-state index in [4.69, 9.17) is 10.8 Å². The average Bonchev–Trinajstić information content (AvgIpc) is 2.20. The van der Waals surface area contributed by atoms with Crippen LogP contribution in [0.4, 0.5) is 0 Å². The Labute approximate surface area is 92.4 Å². The summed E-state index contributed by atoms with van der Waals surface area (Å²) in [5.41, 5.74) is 5.35. The van der Waals surface area contributed by atoms with Crippen LogP contribution in [0.5, 0.6) is 0 Å². The summed E-state index contributed by atoms with van der Waals surface area (Å²) in [4.78, 5) is 10.2. The maximum absolute atomic E-state index is 10.2. The van der Waals surface area contributed by atoms with Crippen molar-refractivity contribution in [2.45, 2.75) is 51.4 Å². The first-order valence-corrected chi connectivity index (χ1v) is 5.84. The highest BCUT2D eigenvalue weighted by molar-refractivity contribution is 5.66. The average molecular weight is 213 g/mol. The van der Waals surface area contributed by atoms with Gasteiger partial charge in [-0.1, -0.05) is 31.4 Å². The molecule has 0 aliphatic carbocycles. The summed E-state index contributed by atoms with van der Waals surface area (Å²) < 4.78 is 0. The zero-order chi connectivity index (χ0) is 11.4. The van der Waals surface area contributed by atoms with Crippen molar-refractivity contribution in [1.29, 1.82) is 0 Å². The van der Waals surface area contributed by atoms with Crippen LogP contribution < -0.4 is 5.73 Å². The van der Waals surface area contributed by atoms with Gasteiger partial charge in [0.1, 0.15) is 0 Å². The number of hydrogen-bond acceptors (Lipinski definition) is 2. The number of aliphatic carboxylic acids is 1. The van der Waals surface area contributed by atoms with E-state index in [1.807, 2.05) is 0 Å². The van der Waals surface area contributed by atoms with Crippen LogP contribution in [-0.4, -0.2) is 17.6 Å². The first-order chi connectivity index (χ1) is 7.27. The first-order valence-electron chi connectivity index (χ1n) is 5.84. The Balaban J connectivity index is 3.01. The zero-order valence-electron chi connectivity index (χ0n) is 9.45. The minimum absolute atomic E-state index is 0.316. The minimum Gasteiger partial charge on any atom is -0.481 e. The van der Waals surface area contributed by atoms with Gasteiger partial charge >= 0.3 is 5.97 Å². The van der Waals surface area contributed by atoms with Crippen molar-refractivity contribution < 1.29 is 9.90 Å². The van der Waals surface area contributed by atoms with Gasteiger partial charge in [-0.05, 0) is 32.2 Å².